The molecule has 0 spiro atoms. The Kier molecular flexibility index (Phi) is 3.30. The van der Waals surface area contributed by atoms with Crippen LogP contribution in [0.25, 0.3) is 0 Å². The van der Waals surface area contributed by atoms with E-state index in [0.29, 0.717) is 6.54 Å². The average molecular weight is 302 g/mol. The van der Waals surface area contributed by atoms with E-state index in [1.165, 1.54) is 4.31 Å². The topological polar surface area (TPSA) is 49.4 Å². The number of sulfonamides is 1. The second kappa shape index (κ2) is 4.75. The van der Waals surface area contributed by atoms with Crippen molar-refractivity contribution in [3.63, 3.8) is 0 Å². The number of hydrogen-bond donors (Lipinski definition) is 1. The minimum atomic E-state index is -4.14. The monoisotopic (exact) mass is 302 g/mol. The van der Waals surface area contributed by atoms with Gasteiger partial charge in [-0.05, 0) is 44.0 Å². The summed E-state index contributed by atoms with van der Waals surface area (Å²) in [4.78, 5) is -0.834. The summed E-state index contributed by atoms with van der Waals surface area (Å²) in [5.74, 6) is -1.64. The zero-order valence-electron chi connectivity index (χ0n) is 11.0. The largest absolute Gasteiger partial charge is 0.316 e. The van der Waals surface area contributed by atoms with Crippen LogP contribution in [0.15, 0.2) is 23.1 Å². The lowest BCUT2D eigenvalue weighted by Gasteiger charge is -2.24. The van der Waals surface area contributed by atoms with Crippen LogP contribution in [0.3, 0.4) is 0 Å². The van der Waals surface area contributed by atoms with E-state index in [1.807, 2.05) is 0 Å². The van der Waals surface area contributed by atoms with Crippen LogP contribution in [-0.4, -0.2) is 38.4 Å². The molecule has 2 saturated heterocycles. The van der Waals surface area contributed by atoms with Crippen molar-refractivity contribution in [2.24, 2.45) is 11.8 Å². The number of nitrogens with zero attached hydrogens (tertiary/aromatic N) is 1. The molecule has 3 atom stereocenters. The highest BCUT2D eigenvalue weighted by atomic mass is 32.2. The summed E-state index contributed by atoms with van der Waals surface area (Å²) in [6, 6.07) is 2.85. The lowest BCUT2D eigenvalue weighted by molar-refractivity contribution is 0.356. The van der Waals surface area contributed by atoms with Crippen molar-refractivity contribution in [1.29, 1.82) is 0 Å². The molecule has 20 heavy (non-hydrogen) atoms. The first kappa shape index (κ1) is 13.9. The fraction of sp³-hybridized carbons (Fsp3) is 0.538. The summed E-state index contributed by atoms with van der Waals surface area (Å²) in [6.07, 6.45) is 0. The van der Waals surface area contributed by atoms with Gasteiger partial charge >= 0.3 is 0 Å². The summed E-state index contributed by atoms with van der Waals surface area (Å²) in [5.41, 5.74) is 0. The van der Waals surface area contributed by atoms with Crippen molar-refractivity contribution in [2.45, 2.75) is 17.9 Å². The van der Waals surface area contributed by atoms with Crippen LogP contribution >= 0.6 is 0 Å². The molecule has 1 N–H and O–H groups in total. The van der Waals surface area contributed by atoms with Crippen LogP contribution in [0.2, 0.25) is 0 Å². The van der Waals surface area contributed by atoms with E-state index in [9.17, 15) is 17.2 Å². The van der Waals surface area contributed by atoms with Crippen LogP contribution < -0.4 is 5.32 Å². The highest BCUT2D eigenvalue weighted by Crippen LogP contribution is 2.37. The van der Waals surface area contributed by atoms with E-state index in [1.54, 1.807) is 6.92 Å². The van der Waals surface area contributed by atoms with Gasteiger partial charge < -0.3 is 5.32 Å². The third-order valence-electron chi connectivity index (χ3n) is 4.37. The standard InChI is InChI=1S/C13H16F2N2O2S/c1-8-10-6-16-5-9(10)7-17(8)20(18,19)13-11(14)3-2-4-12(13)15/h2-4,8-10,16H,5-7H2,1H3. The Labute approximate surface area is 116 Å². The quantitative estimate of drug-likeness (QED) is 0.893. The van der Waals surface area contributed by atoms with Gasteiger partial charge in [0, 0.05) is 12.6 Å². The van der Waals surface area contributed by atoms with Crippen LogP contribution in [0.4, 0.5) is 8.78 Å². The van der Waals surface area contributed by atoms with Crippen molar-refractivity contribution < 1.29 is 17.2 Å². The van der Waals surface area contributed by atoms with Crippen LogP contribution in [0, 0.1) is 23.5 Å². The molecule has 3 rings (SSSR count). The average Bonchev–Trinajstić information content (AvgIpc) is 2.92. The van der Waals surface area contributed by atoms with Gasteiger partial charge in [-0.25, -0.2) is 17.2 Å². The van der Waals surface area contributed by atoms with Gasteiger partial charge in [0.25, 0.3) is 0 Å². The zero-order chi connectivity index (χ0) is 14.5. The first-order chi connectivity index (χ1) is 9.43. The second-order valence-corrected chi connectivity index (χ2v) is 7.28. The van der Waals surface area contributed by atoms with Crippen molar-refractivity contribution in [3.8, 4) is 0 Å². The second-order valence-electron chi connectivity index (χ2n) is 5.45. The highest BCUT2D eigenvalue weighted by molar-refractivity contribution is 7.89. The first-order valence-corrected chi connectivity index (χ1v) is 8.03. The molecule has 0 aliphatic carbocycles. The number of fused-ring (bicyclic) bond motifs is 1. The summed E-state index contributed by atoms with van der Waals surface area (Å²) < 4.78 is 53.8. The number of halogens is 2. The van der Waals surface area contributed by atoms with E-state index in [-0.39, 0.29) is 17.9 Å². The van der Waals surface area contributed by atoms with Gasteiger partial charge in [-0.3, -0.25) is 0 Å². The minimum absolute atomic E-state index is 0.208. The first-order valence-electron chi connectivity index (χ1n) is 6.59. The van der Waals surface area contributed by atoms with Gasteiger partial charge in [0.15, 0.2) is 4.90 Å². The molecule has 110 valence electrons. The maximum absolute atomic E-state index is 13.8. The summed E-state index contributed by atoms with van der Waals surface area (Å²) in [5, 5.41) is 3.22. The lowest BCUT2D eigenvalue weighted by Crippen LogP contribution is -2.38. The molecule has 0 bridgehead atoms. The Bertz CT molecular complexity index is 615. The molecule has 0 radical (unpaired) electrons. The van der Waals surface area contributed by atoms with Crippen molar-refractivity contribution in [2.75, 3.05) is 19.6 Å². The van der Waals surface area contributed by atoms with Gasteiger partial charge in [-0.15, -0.1) is 0 Å². The predicted molar refractivity (Wildman–Crippen MR) is 69.6 cm³/mol. The molecule has 0 aromatic heterocycles. The van der Waals surface area contributed by atoms with Gasteiger partial charge in [0.2, 0.25) is 10.0 Å². The Morgan fingerprint density at radius 1 is 1.25 bits per heavy atom. The zero-order valence-corrected chi connectivity index (χ0v) is 11.8. The van der Waals surface area contributed by atoms with Crippen LogP contribution in [-0.2, 0) is 10.0 Å². The van der Waals surface area contributed by atoms with E-state index >= 15 is 0 Å². The summed E-state index contributed by atoms with van der Waals surface area (Å²) in [6.45, 7) is 3.61. The maximum Gasteiger partial charge on any atom is 0.249 e. The van der Waals surface area contributed by atoms with Crippen LogP contribution in [0.1, 0.15) is 6.92 Å². The minimum Gasteiger partial charge on any atom is -0.316 e. The molecule has 3 unspecified atom stereocenters. The smallest absolute Gasteiger partial charge is 0.249 e. The molecule has 1 aromatic rings. The number of benzene rings is 1. The van der Waals surface area contributed by atoms with Gasteiger partial charge in [-0.2, -0.15) is 4.31 Å². The fourth-order valence-corrected chi connectivity index (χ4v) is 5.14. The number of hydrogen-bond acceptors (Lipinski definition) is 3. The molecular weight excluding hydrogens is 286 g/mol. The third-order valence-corrected chi connectivity index (χ3v) is 6.37. The molecule has 4 nitrogen and oxygen atoms in total. The Balaban J connectivity index is 2.01. The maximum atomic E-state index is 13.8. The van der Waals surface area contributed by atoms with Crippen molar-refractivity contribution in [1.82, 2.24) is 9.62 Å². The molecular formula is C13H16F2N2O2S. The summed E-state index contributed by atoms with van der Waals surface area (Å²) >= 11 is 0. The van der Waals surface area contributed by atoms with Gasteiger partial charge in [0.1, 0.15) is 11.6 Å². The third kappa shape index (κ3) is 1.96. The Morgan fingerprint density at radius 3 is 2.50 bits per heavy atom. The molecule has 1 aromatic carbocycles. The number of nitrogens with one attached hydrogen (secondary N) is 1. The van der Waals surface area contributed by atoms with E-state index < -0.39 is 26.6 Å². The molecule has 0 amide bonds. The molecule has 2 aliphatic rings. The van der Waals surface area contributed by atoms with E-state index in [4.69, 9.17) is 0 Å². The molecule has 2 heterocycles. The van der Waals surface area contributed by atoms with E-state index in [0.717, 1.165) is 31.3 Å². The highest BCUT2D eigenvalue weighted by Gasteiger charge is 2.47. The Morgan fingerprint density at radius 2 is 1.90 bits per heavy atom. The molecule has 7 heteroatoms. The number of rotatable bonds is 2. The fourth-order valence-electron chi connectivity index (χ4n) is 3.29. The van der Waals surface area contributed by atoms with Crippen LogP contribution in [0.5, 0.6) is 0 Å². The Hall–Kier alpha value is -1.05. The van der Waals surface area contributed by atoms with E-state index in [2.05, 4.69) is 5.32 Å². The summed E-state index contributed by atoms with van der Waals surface area (Å²) in [7, 11) is -4.14. The molecule has 2 aliphatic heterocycles. The van der Waals surface area contributed by atoms with Crippen molar-refractivity contribution >= 4 is 10.0 Å². The predicted octanol–water partition coefficient (Wildman–Crippen LogP) is 1.19. The van der Waals surface area contributed by atoms with Gasteiger partial charge in [0.05, 0.1) is 0 Å². The van der Waals surface area contributed by atoms with Gasteiger partial charge in [-0.1, -0.05) is 6.07 Å². The lowest BCUT2D eigenvalue weighted by atomic mass is 9.95. The molecule has 0 saturated carbocycles. The molecule has 2 fully saturated rings. The van der Waals surface area contributed by atoms with Crippen molar-refractivity contribution in [3.05, 3.63) is 29.8 Å². The normalized spacial score (nSPS) is 30.6. The SMILES string of the molecule is CC1C2CNCC2CN1S(=O)(=O)c1c(F)cccc1F.